The Morgan fingerprint density at radius 3 is 2.65 bits per heavy atom. The molecule has 0 saturated heterocycles. The lowest BCUT2D eigenvalue weighted by Crippen LogP contribution is -2.17. The van der Waals surface area contributed by atoms with Crippen molar-refractivity contribution >= 4 is 37.8 Å². The Morgan fingerprint density at radius 1 is 1.50 bits per heavy atom. The SMILES string of the molecule is CCS(=O)(=O)CCNc1sc(C(=O)NC)c(N)c1C#N. The van der Waals surface area contributed by atoms with Gasteiger partial charge in [-0.15, -0.1) is 11.3 Å². The number of nitrogens with two attached hydrogens (primary N) is 1. The quantitative estimate of drug-likeness (QED) is 0.698. The van der Waals surface area contributed by atoms with Crippen molar-refractivity contribution in [1.82, 2.24) is 5.32 Å². The van der Waals surface area contributed by atoms with E-state index in [0.717, 1.165) is 11.3 Å². The van der Waals surface area contributed by atoms with Crippen LogP contribution in [0.5, 0.6) is 0 Å². The molecule has 0 aliphatic carbocycles. The minimum Gasteiger partial charge on any atom is -0.396 e. The molecule has 0 saturated carbocycles. The van der Waals surface area contributed by atoms with E-state index in [0.29, 0.717) is 5.00 Å². The summed E-state index contributed by atoms with van der Waals surface area (Å²) >= 11 is 1.04. The highest BCUT2D eigenvalue weighted by Gasteiger charge is 2.20. The number of anilines is 2. The molecule has 110 valence electrons. The molecule has 7 nitrogen and oxygen atoms in total. The fraction of sp³-hybridized carbons (Fsp3) is 0.455. The number of rotatable bonds is 6. The van der Waals surface area contributed by atoms with Crippen LogP contribution in [-0.4, -0.2) is 39.4 Å². The normalized spacial score (nSPS) is 10.8. The number of nitrogen functional groups attached to an aromatic ring is 1. The number of nitrogens with one attached hydrogen (secondary N) is 2. The molecule has 1 amide bonds. The van der Waals surface area contributed by atoms with Crippen molar-refractivity contribution in [3.05, 3.63) is 10.4 Å². The van der Waals surface area contributed by atoms with Crippen LogP contribution in [0.1, 0.15) is 22.2 Å². The molecule has 4 N–H and O–H groups in total. The minimum atomic E-state index is -3.08. The van der Waals surface area contributed by atoms with Crippen molar-refractivity contribution in [3.8, 4) is 6.07 Å². The first-order valence-electron chi connectivity index (χ1n) is 5.85. The average Bonchev–Trinajstić information content (AvgIpc) is 2.74. The molecule has 0 atom stereocenters. The average molecular weight is 316 g/mol. The van der Waals surface area contributed by atoms with Gasteiger partial charge in [0.15, 0.2) is 9.84 Å². The number of carbonyl (C=O) groups is 1. The van der Waals surface area contributed by atoms with Crippen molar-refractivity contribution in [3.63, 3.8) is 0 Å². The van der Waals surface area contributed by atoms with E-state index in [4.69, 9.17) is 11.0 Å². The molecule has 1 aromatic rings. The molecule has 0 spiro atoms. The number of nitrogens with zero attached hydrogens (tertiary/aromatic N) is 1. The van der Waals surface area contributed by atoms with Crippen LogP contribution < -0.4 is 16.4 Å². The summed E-state index contributed by atoms with van der Waals surface area (Å²) in [5.74, 6) is -0.352. The van der Waals surface area contributed by atoms with Crippen LogP contribution in [-0.2, 0) is 9.84 Å². The third-order valence-corrected chi connectivity index (χ3v) is 5.50. The number of hydrogen-bond donors (Lipinski definition) is 3. The summed E-state index contributed by atoms with van der Waals surface area (Å²) in [6.07, 6.45) is 0. The van der Waals surface area contributed by atoms with Crippen LogP contribution in [0.3, 0.4) is 0 Å². The van der Waals surface area contributed by atoms with E-state index in [2.05, 4.69) is 10.6 Å². The minimum absolute atomic E-state index is 0.0402. The topological polar surface area (TPSA) is 125 Å². The van der Waals surface area contributed by atoms with Gasteiger partial charge in [-0.3, -0.25) is 4.79 Å². The molecule has 0 aliphatic heterocycles. The lowest BCUT2D eigenvalue weighted by atomic mass is 10.2. The molecular formula is C11H16N4O3S2. The van der Waals surface area contributed by atoms with E-state index >= 15 is 0 Å². The van der Waals surface area contributed by atoms with Crippen LogP contribution in [0.15, 0.2) is 0 Å². The summed E-state index contributed by atoms with van der Waals surface area (Å²) in [7, 11) is -1.62. The maximum atomic E-state index is 11.6. The maximum Gasteiger partial charge on any atom is 0.263 e. The van der Waals surface area contributed by atoms with Gasteiger partial charge in [0.2, 0.25) is 0 Å². The summed E-state index contributed by atoms with van der Waals surface area (Å²) < 4.78 is 22.8. The molecule has 0 fully saturated rings. The van der Waals surface area contributed by atoms with Crippen LogP contribution in [0.4, 0.5) is 10.7 Å². The van der Waals surface area contributed by atoms with E-state index in [1.165, 1.54) is 7.05 Å². The van der Waals surface area contributed by atoms with E-state index < -0.39 is 9.84 Å². The molecule has 0 aromatic carbocycles. The third kappa shape index (κ3) is 3.61. The largest absolute Gasteiger partial charge is 0.396 e. The number of amides is 1. The summed E-state index contributed by atoms with van der Waals surface area (Å²) in [6, 6.07) is 1.92. The zero-order valence-electron chi connectivity index (χ0n) is 11.2. The zero-order chi connectivity index (χ0) is 15.3. The lowest BCUT2D eigenvalue weighted by molar-refractivity contribution is 0.0968. The Kier molecular flexibility index (Phi) is 5.35. The second-order valence-corrected chi connectivity index (χ2v) is 7.40. The van der Waals surface area contributed by atoms with Crippen LogP contribution in [0.25, 0.3) is 0 Å². The highest BCUT2D eigenvalue weighted by molar-refractivity contribution is 7.91. The second-order valence-electron chi connectivity index (χ2n) is 3.90. The summed E-state index contributed by atoms with van der Waals surface area (Å²) in [6.45, 7) is 1.74. The van der Waals surface area contributed by atoms with Crippen LogP contribution in [0, 0.1) is 11.3 Å². The first-order valence-corrected chi connectivity index (χ1v) is 8.48. The molecule has 1 heterocycles. The molecule has 9 heteroatoms. The summed E-state index contributed by atoms with van der Waals surface area (Å²) in [5.41, 5.74) is 6.02. The first kappa shape index (κ1) is 16.3. The van der Waals surface area contributed by atoms with E-state index in [-0.39, 0.29) is 40.1 Å². The molecule has 0 unspecified atom stereocenters. The van der Waals surface area contributed by atoms with Crippen LogP contribution >= 0.6 is 11.3 Å². The smallest absolute Gasteiger partial charge is 0.263 e. The standard InChI is InChI=1S/C11H16N4O3S2/c1-3-20(17,18)5-4-15-11-7(6-12)8(13)9(19-11)10(16)14-2/h15H,3-5,13H2,1-2H3,(H,14,16). The molecular weight excluding hydrogens is 300 g/mol. The van der Waals surface area contributed by atoms with Crippen molar-refractivity contribution in [1.29, 1.82) is 5.26 Å². The fourth-order valence-electron chi connectivity index (χ4n) is 1.43. The van der Waals surface area contributed by atoms with Gasteiger partial charge in [-0.2, -0.15) is 5.26 Å². The lowest BCUT2D eigenvalue weighted by Gasteiger charge is -2.04. The number of thiophene rings is 1. The number of nitriles is 1. The molecule has 1 aromatic heterocycles. The number of hydrogen-bond acceptors (Lipinski definition) is 7. The fourth-order valence-corrected chi connectivity index (χ4v) is 3.17. The van der Waals surface area contributed by atoms with Gasteiger partial charge in [-0.25, -0.2) is 8.42 Å². The second kappa shape index (κ2) is 6.58. The highest BCUT2D eigenvalue weighted by Crippen LogP contribution is 2.34. The first-order chi connectivity index (χ1) is 9.36. The van der Waals surface area contributed by atoms with Crippen molar-refractivity contribution in [2.75, 3.05) is 36.1 Å². The maximum absolute atomic E-state index is 11.6. The van der Waals surface area contributed by atoms with Gasteiger partial charge in [0, 0.05) is 19.3 Å². The third-order valence-electron chi connectivity index (χ3n) is 2.63. The predicted molar refractivity (Wildman–Crippen MR) is 79.7 cm³/mol. The molecule has 0 aliphatic rings. The van der Waals surface area contributed by atoms with Crippen molar-refractivity contribution in [2.24, 2.45) is 0 Å². The van der Waals surface area contributed by atoms with Crippen molar-refractivity contribution < 1.29 is 13.2 Å². The summed E-state index contributed by atoms with van der Waals surface area (Å²) in [5, 5.41) is 14.8. The molecule has 0 bridgehead atoms. The molecule has 20 heavy (non-hydrogen) atoms. The zero-order valence-corrected chi connectivity index (χ0v) is 12.8. The Hall–Kier alpha value is -1.79. The summed E-state index contributed by atoms with van der Waals surface area (Å²) in [4.78, 5) is 11.8. The van der Waals surface area contributed by atoms with Gasteiger partial charge in [-0.05, 0) is 0 Å². The molecule has 0 radical (unpaired) electrons. The van der Waals surface area contributed by atoms with Gasteiger partial charge in [0.05, 0.1) is 11.4 Å². The van der Waals surface area contributed by atoms with Gasteiger partial charge in [0.25, 0.3) is 5.91 Å². The Bertz CT molecular complexity index is 643. The van der Waals surface area contributed by atoms with Gasteiger partial charge < -0.3 is 16.4 Å². The Balaban J connectivity index is 2.91. The van der Waals surface area contributed by atoms with E-state index in [1.807, 2.05) is 6.07 Å². The number of carbonyl (C=O) groups excluding carboxylic acids is 1. The molecule has 1 rings (SSSR count). The van der Waals surface area contributed by atoms with Crippen molar-refractivity contribution in [2.45, 2.75) is 6.92 Å². The predicted octanol–water partition coefficient (Wildman–Crippen LogP) is 0.408. The van der Waals surface area contributed by atoms with Gasteiger partial charge >= 0.3 is 0 Å². The van der Waals surface area contributed by atoms with E-state index in [1.54, 1.807) is 6.92 Å². The van der Waals surface area contributed by atoms with Gasteiger partial charge in [-0.1, -0.05) is 6.92 Å². The Labute approximate surface area is 121 Å². The van der Waals surface area contributed by atoms with Crippen LogP contribution in [0.2, 0.25) is 0 Å². The van der Waals surface area contributed by atoms with E-state index in [9.17, 15) is 13.2 Å². The number of sulfone groups is 1. The Morgan fingerprint density at radius 2 is 2.15 bits per heavy atom. The highest BCUT2D eigenvalue weighted by atomic mass is 32.2. The van der Waals surface area contributed by atoms with Gasteiger partial charge in [0.1, 0.15) is 21.5 Å². The monoisotopic (exact) mass is 316 g/mol.